The van der Waals surface area contributed by atoms with Crippen LogP contribution in [0.1, 0.15) is 23.4 Å². The molecule has 2 aromatic heterocycles. The molecular formula is C12H15N3OS. The van der Waals surface area contributed by atoms with Crippen LogP contribution in [0, 0.1) is 0 Å². The number of thiophene rings is 1. The number of nitrogens with two attached hydrogens (primary N) is 1. The molecule has 3 rings (SSSR count). The first-order valence-electron chi connectivity index (χ1n) is 5.80. The Kier molecular flexibility index (Phi) is 2.86. The highest BCUT2D eigenvalue weighted by Crippen LogP contribution is 2.33. The van der Waals surface area contributed by atoms with Gasteiger partial charge in [-0.3, -0.25) is 0 Å². The maximum absolute atomic E-state index is 5.55. The molecule has 0 aliphatic heterocycles. The second-order valence-corrected chi connectivity index (χ2v) is 5.30. The van der Waals surface area contributed by atoms with Gasteiger partial charge in [-0.05, 0) is 24.3 Å². The average Bonchev–Trinajstić information content (AvgIpc) is 2.88. The van der Waals surface area contributed by atoms with Gasteiger partial charge in [0.05, 0.1) is 12.2 Å². The largest absolute Gasteiger partial charge is 0.432 e. The fraction of sp³-hybridized carbons (Fsp3) is 0.417. The molecule has 0 amide bonds. The Hall–Kier alpha value is -1.33. The molecule has 0 spiro atoms. The zero-order chi connectivity index (χ0) is 11.7. The van der Waals surface area contributed by atoms with Crippen LogP contribution in [0.25, 0.3) is 0 Å². The van der Waals surface area contributed by atoms with Gasteiger partial charge >= 0.3 is 0 Å². The molecule has 1 aliphatic carbocycles. The summed E-state index contributed by atoms with van der Waals surface area (Å²) in [4.78, 5) is 7.99. The Morgan fingerprint density at radius 3 is 3.00 bits per heavy atom. The summed E-state index contributed by atoms with van der Waals surface area (Å²) in [5.74, 6) is 0. The second kappa shape index (κ2) is 4.50. The number of aromatic nitrogens is 1. The van der Waals surface area contributed by atoms with Gasteiger partial charge in [0.1, 0.15) is 6.26 Å². The maximum Gasteiger partial charge on any atom is 0.298 e. The predicted molar refractivity (Wildman–Crippen MR) is 67.9 cm³/mol. The summed E-state index contributed by atoms with van der Waals surface area (Å²) in [7, 11) is 0. The fourth-order valence-corrected chi connectivity index (χ4v) is 2.53. The van der Waals surface area contributed by atoms with E-state index in [4.69, 9.17) is 10.2 Å². The van der Waals surface area contributed by atoms with Gasteiger partial charge in [-0.2, -0.15) is 4.98 Å². The van der Waals surface area contributed by atoms with Crippen LogP contribution in [0.4, 0.5) is 6.01 Å². The molecule has 90 valence electrons. The minimum Gasteiger partial charge on any atom is -0.432 e. The number of rotatable bonds is 5. The van der Waals surface area contributed by atoms with Gasteiger partial charge in [0, 0.05) is 17.5 Å². The summed E-state index contributed by atoms with van der Waals surface area (Å²) in [6, 6.07) is 5.52. The van der Waals surface area contributed by atoms with Crippen molar-refractivity contribution >= 4 is 17.4 Å². The average molecular weight is 249 g/mol. The zero-order valence-electron chi connectivity index (χ0n) is 9.50. The lowest BCUT2D eigenvalue weighted by atomic mass is 10.4. The Balaban J connectivity index is 1.79. The molecule has 4 nitrogen and oxygen atoms in total. The molecule has 1 saturated carbocycles. The first-order chi connectivity index (χ1) is 8.36. The molecule has 17 heavy (non-hydrogen) atoms. The number of hydrogen-bond donors (Lipinski definition) is 1. The van der Waals surface area contributed by atoms with Crippen molar-refractivity contribution in [2.75, 3.05) is 4.90 Å². The van der Waals surface area contributed by atoms with E-state index in [1.54, 1.807) is 17.6 Å². The lowest BCUT2D eigenvalue weighted by molar-refractivity contribution is 0.529. The minimum atomic E-state index is 0.432. The van der Waals surface area contributed by atoms with Gasteiger partial charge in [-0.15, -0.1) is 11.3 Å². The van der Waals surface area contributed by atoms with Gasteiger partial charge in [-0.25, -0.2) is 0 Å². The Morgan fingerprint density at radius 1 is 1.53 bits per heavy atom. The van der Waals surface area contributed by atoms with Crippen LogP contribution < -0.4 is 10.6 Å². The molecule has 5 heteroatoms. The van der Waals surface area contributed by atoms with Crippen LogP contribution in [-0.2, 0) is 13.1 Å². The van der Waals surface area contributed by atoms with Crippen molar-refractivity contribution in [3.63, 3.8) is 0 Å². The quantitative estimate of drug-likeness (QED) is 0.883. The summed E-state index contributed by atoms with van der Waals surface area (Å²) in [6.07, 6.45) is 4.11. The number of hydrogen-bond acceptors (Lipinski definition) is 5. The highest BCUT2D eigenvalue weighted by Gasteiger charge is 2.32. The molecule has 0 bridgehead atoms. The third kappa shape index (κ3) is 2.35. The number of nitrogens with zero attached hydrogens (tertiary/aromatic N) is 2. The van der Waals surface area contributed by atoms with Gasteiger partial charge in [0.15, 0.2) is 0 Å². The molecule has 1 aliphatic rings. The van der Waals surface area contributed by atoms with Crippen molar-refractivity contribution in [2.24, 2.45) is 5.73 Å². The molecule has 2 aromatic rings. The number of anilines is 1. The minimum absolute atomic E-state index is 0.432. The van der Waals surface area contributed by atoms with Gasteiger partial charge in [0.2, 0.25) is 0 Å². The monoisotopic (exact) mass is 249 g/mol. The predicted octanol–water partition coefficient (Wildman–Crippen LogP) is 2.36. The van der Waals surface area contributed by atoms with E-state index in [9.17, 15) is 0 Å². The lowest BCUT2D eigenvalue weighted by Crippen LogP contribution is -2.24. The highest BCUT2D eigenvalue weighted by atomic mass is 32.1. The van der Waals surface area contributed by atoms with E-state index in [1.165, 1.54) is 17.7 Å². The van der Waals surface area contributed by atoms with Crippen molar-refractivity contribution in [1.29, 1.82) is 0 Å². The van der Waals surface area contributed by atoms with Gasteiger partial charge < -0.3 is 15.1 Å². The van der Waals surface area contributed by atoms with E-state index in [2.05, 4.69) is 27.4 Å². The summed E-state index contributed by atoms with van der Waals surface area (Å²) < 4.78 is 5.51. The topological polar surface area (TPSA) is 55.3 Å². The van der Waals surface area contributed by atoms with Crippen LogP contribution in [0.15, 0.2) is 28.2 Å². The van der Waals surface area contributed by atoms with Crippen LogP contribution in [0.3, 0.4) is 0 Å². The van der Waals surface area contributed by atoms with Crippen molar-refractivity contribution in [2.45, 2.75) is 32.0 Å². The fourth-order valence-electron chi connectivity index (χ4n) is 1.83. The van der Waals surface area contributed by atoms with E-state index in [0.29, 0.717) is 18.6 Å². The summed E-state index contributed by atoms with van der Waals surface area (Å²) in [5.41, 5.74) is 6.37. The van der Waals surface area contributed by atoms with Crippen LogP contribution in [0.5, 0.6) is 0 Å². The normalized spacial score (nSPS) is 15.1. The van der Waals surface area contributed by atoms with Crippen LogP contribution >= 0.6 is 11.3 Å². The summed E-state index contributed by atoms with van der Waals surface area (Å²) in [5, 5.41) is 2.10. The third-order valence-electron chi connectivity index (χ3n) is 2.89. The van der Waals surface area contributed by atoms with Crippen molar-refractivity contribution in [3.05, 3.63) is 34.3 Å². The van der Waals surface area contributed by atoms with E-state index >= 15 is 0 Å². The molecule has 1 fully saturated rings. The first kappa shape index (κ1) is 10.8. The van der Waals surface area contributed by atoms with Crippen molar-refractivity contribution in [3.8, 4) is 0 Å². The van der Waals surface area contributed by atoms with Crippen LogP contribution in [0.2, 0.25) is 0 Å². The van der Waals surface area contributed by atoms with E-state index in [0.717, 1.165) is 12.2 Å². The summed E-state index contributed by atoms with van der Waals surface area (Å²) >= 11 is 1.77. The number of oxazole rings is 1. The Bertz CT molecular complexity index is 476. The second-order valence-electron chi connectivity index (χ2n) is 4.26. The molecular weight excluding hydrogens is 234 g/mol. The van der Waals surface area contributed by atoms with Crippen molar-refractivity contribution < 1.29 is 4.42 Å². The molecule has 2 heterocycles. The Labute approximate surface area is 104 Å². The summed E-state index contributed by atoms with van der Waals surface area (Å²) in [6.45, 7) is 1.31. The molecule has 2 N–H and O–H groups in total. The smallest absolute Gasteiger partial charge is 0.298 e. The molecule has 0 aromatic carbocycles. The lowest BCUT2D eigenvalue weighted by Gasteiger charge is -2.18. The molecule has 0 saturated heterocycles. The van der Waals surface area contributed by atoms with Gasteiger partial charge in [0.25, 0.3) is 6.01 Å². The standard InChI is InChI=1S/C12H15N3OS/c13-6-9-8-16-12(14-9)15(10-3-4-10)7-11-2-1-5-17-11/h1-2,5,8,10H,3-4,6-7,13H2. The zero-order valence-corrected chi connectivity index (χ0v) is 10.3. The highest BCUT2D eigenvalue weighted by molar-refractivity contribution is 7.09. The van der Waals surface area contributed by atoms with E-state index in [1.807, 2.05) is 0 Å². The molecule has 0 radical (unpaired) electrons. The molecule has 0 unspecified atom stereocenters. The van der Waals surface area contributed by atoms with Gasteiger partial charge in [-0.1, -0.05) is 6.07 Å². The van der Waals surface area contributed by atoms with E-state index in [-0.39, 0.29) is 0 Å². The third-order valence-corrected chi connectivity index (χ3v) is 3.75. The molecule has 0 atom stereocenters. The maximum atomic E-state index is 5.55. The first-order valence-corrected chi connectivity index (χ1v) is 6.68. The SMILES string of the molecule is NCc1coc(N(Cc2cccs2)C2CC2)n1. The Morgan fingerprint density at radius 2 is 2.41 bits per heavy atom. The van der Waals surface area contributed by atoms with Crippen LogP contribution in [-0.4, -0.2) is 11.0 Å². The van der Waals surface area contributed by atoms with E-state index < -0.39 is 0 Å². The van der Waals surface area contributed by atoms with Crippen molar-refractivity contribution in [1.82, 2.24) is 4.98 Å².